The Balaban J connectivity index is 1.41. The van der Waals surface area contributed by atoms with Crippen molar-refractivity contribution in [2.45, 2.75) is 32.1 Å². The van der Waals surface area contributed by atoms with Crippen LogP contribution in [0.3, 0.4) is 0 Å². The van der Waals surface area contributed by atoms with Gasteiger partial charge in [-0.15, -0.1) is 20.4 Å². The van der Waals surface area contributed by atoms with Gasteiger partial charge in [0.15, 0.2) is 5.51 Å². The molecule has 1 radical (unpaired) electrons. The summed E-state index contributed by atoms with van der Waals surface area (Å²) < 4.78 is 0. The van der Waals surface area contributed by atoms with E-state index in [1.165, 1.54) is 22.7 Å². The summed E-state index contributed by atoms with van der Waals surface area (Å²) in [6.07, 6.45) is 4.15. The van der Waals surface area contributed by atoms with Gasteiger partial charge in [0.05, 0.1) is 6.42 Å². The van der Waals surface area contributed by atoms with Crippen LogP contribution in [0.1, 0.15) is 28.4 Å². The molecule has 3 aromatic rings. The molecule has 8 heteroatoms. The fourth-order valence-electron chi connectivity index (χ4n) is 2.17. The van der Waals surface area contributed by atoms with E-state index in [1.807, 2.05) is 30.3 Å². The van der Waals surface area contributed by atoms with Gasteiger partial charge in [-0.3, -0.25) is 4.79 Å². The number of anilines is 1. The molecule has 2 heterocycles. The predicted octanol–water partition coefficient (Wildman–Crippen LogP) is 2.94. The number of rotatable bonds is 8. The number of nitrogens with zero attached hydrogens (tertiary/aromatic N) is 4. The van der Waals surface area contributed by atoms with Crippen molar-refractivity contribution < 1.29 is 4.79 Å². The normalized spacial score (nSPS) is 10.7. The molecule has 0 unspecified atom stereocenters. The van der Waals surface area contributed by atoms with E-state index in [4.69, 9.17) is 0 Å². The molecule has 24 heavy (non-hydrogen) atoms. The second-order valence-corrected chi connectivity index (χ2v) is 7.13. The third kappa shape index (κ3) is 5.17. The van der Waals surface area contributed by atoms with Crippen molar-refractivity contribution in [2.75, 3.05) is 5.32 Å². The number of carbonyl (C=O) groups excluding carboxylic acids is 1. The van der Waals surface area contributed by atoms with Crippen LogP contribution < -0.4 is 5.32 Å². The molecule has 0 aliphatic carbocycles. The first-order chi connectivity index (χ1) is 11.8. The maximum atomic E-state index is 12.0. The van der Waals surface area contributed by atoms with E-state index in [0.29, 0.717) is 11.6 Å². The molecule has 123 valence electrons. The molecule has 6 nitrogen and oxygen atoms in total. The molecule has 0 bridgehead atoms. The number of aromatic nitrogens is 4. The fourth-order valence-corrected chi connectivity index (χ4v) is 3.49. The Morgan fingerprint density at radius 1 is 1.04 bits per heavy atom. The summed E-state index contributed by atoms with van der Waals surface area (Å²) in [5.41, 5.74) is 3.73. The van der Waals surface area contributed by atoms with Gasteiger partial charge >= 0.3 is 0 Å². The smallest absolute Gasteiger partial charge is 0.230 e. The lowest BCUT2D eigenvalue weighted by Gasteiger charge is -2.00. The summed E-state index contributed by atoms with van der Waals surface area (Å²) in [7, 11) is 0. The lowest BCUT2D eigenvalue weighted by molar-refractivity contribution is -0.115. The van der Waals surface area contributed by atoms with Gasteiger partial charge in [0.2, 0.25) is 11.0 Å². The quantitative estimate of drug-likeness (QED) is 0.626. The molecule has 0 atom stereocenters. The SMILES string of the molecule is O=C(Cc1ccccc1)Nc1nnc(CCCCc2nn[c]s2)s1. The number of amides is 1. The van der Waals surface area contributed by atoms with E-state index < -0.39 is 0 Å². The number of hydrogen-bond donors (Lipinski definition) is 1. The second kappa shape index (κ2) is 8.60. The van der Waals surface area contributed by atoms with Crippen LogP contribution >= 0.6 is 22.7 Å². The Morgan fingerprint density at radius 2 is 1.83 bits per heavy atom. The van der Waals surface area contributed by atoms with Crippen molar-refractivity contribution in [3.8, 4) is 0 Å². The second-order valence-electron chi connectivity index (χ2n) is 5.21. The highest BCUT2D eigenvalue weighted by Gasteiger charge is 2.09. The van der Waals surface area contributed by atoms with Gasteiger partial charge in [-0.2, -0.15) is 0 Å². The number of unbranched alkanes of at least 4 members (excludes halogenated alkanes) is 1. The third-order valence-electron chi connectivity index (χ3n) is 3.32. The molecule has 2 aromatic heterocycles. The zero-order valence-corrected chi connectivity index (χ0v) is 14.6. The number of carbonyl (C=O) groups is 1. The summed E-state index contributed by atoms with van der Waals surface area (Å²) >= 11 is 2.89. The molecule has 1 N–H and O–H groups in total. The van der Waals surface area contributed by atoms with Crippen LogP contribution in [-0.4, -0.2) is 26.3 Å². The van der Waals surface area contributed by atoms with E-state index in [0.717, 1.165) is 41.3 Å². The van der Waals surface area contributed by atoms with Crippen molar-refractivity contribution in [3.05, 3.63) is 51.4 Å². The molecule has 0 aliphatic rings. The molecule has 0 saturated carbocycles. The largest absolute Gasteiger partial charge is 0.300 e. The van der Waals surface area contributed by atoms with E-state index >= 15 is 0 Å². The Hall–Kier alpha value is -2.19. The van der Waals surface area contributed by atoms with Crippen LogP contribution in [0.5, 0.6) is 0 Å². The highest BCUT2D eigenvalue weighted by molar-refractivity contribution is 7.15. The van der Waals surface area contributed by atoms with Gasteiger partial charge in [0.25, 0.3) is 0 Å². The van der Waals surface area contributed by atoms with Gasteiger partial charge in [-0.05, 0) is 18.4 Å². The van der Waals surface area contributed by atoms with Crippen LogP contribution in [0.2, 0.25) is 0 Å². The molecular formula is C16H16N5OS2. The van der Waals surface area contributed by atoms with Crippen molar-refractivity contribution in [2.24, 2.45) is 0 Å². The number of aryl methyl sites for hydroxylation is 2. The summed E-state index contributed by atoms with van der Waals surface area (Å²) in [5.74, 6) is -0.0728. The minimum absolute atomic E-state index is 0.0728. The van der Waals surface area contributed by atoms with Gasteiger partial charge < -0.3 is 5.32 Å². The molecule has 0 aliphatic heterocycles. The minimum Gasteiger partial charge on any atom is -0.300 e. The Morgan fingerprint density at radius 3 is 2.58 bits per heavy atom. The van der Waals surface area contributed by atoms with Crippen LogP contribution in [0.4, 0.5) is 5.13 Å². The van der Waals surface area contributed by atoms with Crippen molar-refractivity contribution >= 4 is 33.7 Å². The summed E-state index contributed by atoms with van der Waals surface area (Å²) in [5, 5.41) is 21.2. The molecule has 1 amide bonds. The molecule has 1 aromatic carbocycles. The zero-order valence-electron chi connectivity index (χ0n) is 12.9. The molecular weight excluding hydrogens is 342 g/mol. The Labute approximate surface area is 148 Å². The van der Waals surface area contributed by atoms with Crippen molar-refractivity contribution in [1.82, 2.24) is 20.4 Å². The van der Waals surface area contributed by atoms with Gasteiger partial charge in [-0.25, -0.2) is 0 Å². The molecule has 0 saturated heterocycles. The van der Waals surface area contributed by atoms with E-state index in [2.05, 4.69) is 31.2 Å². The van der Waals surface area contributed by atoms with Gasteiger partial charge in [-0.1, -0.05) is 53.0 Å². The minimum atomic E-state index is -0.0728. The highest BCUT2D eigenvalue weighted by Crippen LogP contribution is 2.18. The highest BCUT2D eigenvalue weighted by atomic mass is 32.1. The summed E-state index contributed by atoms with van der Waals surface area (Å²) in [6, 6.07) is 9.64. The van der Waals surface area contributed by atoms with E-state index in [-0.39, 0.29) is 5.91 Å². The van der Waals surface area contributed by atoms with Crippen molar-refractivity contribution in [3.63, 3.8) is 0 Å². The monoisotopic (exact) mass is 358 g/mol. The first-order valence-electron chi connectivity index (χ1n) is 7.64. The summed E-state index contributed by atoms with van der Waals surface area (Å²) in [4.78, 5) is 12.0. The first kappa shape index (κ1) is 16.7. The average molecular weight is 358 g/mol. The Bertz CT molecular complexity index is 758. The topological polar surface area (TPSA) is 80.7 Å². The standard InChI is InChI=1S/C16H16N5OS2/c22-13(10-12-6-2-1-3-7-12)18-16-21-20-15(24-16)9-5-4-8-14-19-17-11-23-14/h1-3,6-7H,4-5,8-10H2,(H,18,21,22). The number of nitrogens with one attached hydrogen (secondary N) is 1. The first-order valence-corrected chi connectivity index (χ1v) is 9.27. The maximum Gasteiger partial charge on any atom is 0.230 e. The van der Waals surface area contributed by atoms with Gasteiger partial charge in [0.1, 0.15) is 10.0 Å². The Kier molecular flexibility index (Phi) is 5.97. The van der Waals surface area contributed by atoms with E-state index in [1.54, 1.807) is 0 Å². The molecule has 0 spiro atoms. The van der Waals surface area contributed by atoms with Crippen LogP contribution in [-0.2, 0) is 24.1 Å². The van der Waals surface area contributed by atoms with Crippen LogP contribution in [0.15, 0.2) is 30.3 Å². The number of hydrogen-bond acceptors (Lipinski definition) is 7. The molecule has 3 rings (SSSR count). The van der Waals surface area contributed by atoms with Crippen molar-refractivity contribution in [1.29, 1.82) is 0 Å². The van der Waals surface area contributed by atoms with Crippen LogP contribution in [0, 0.1) is 5.51 Å². The van der Waals surface area contributed by atoms with Crippen LogP contribution in [0.25, 0.3) is 0 Å². The third-order valence-corrected chi connectivity index (χ3v) is 4.91. The number of benzene rings is 1. The lowest BCUT2D eigenvalue weighted by Crippen LogP contribution is -2.14. The fraction of sp³-hybridized carbons (Fsp3) is 0.312. The lowest BCUT2D eigenvalue weighted by atomic mass is 10.1. The molecule has 0 fully saturated rings. The average Bonchev–Trinajstić information content (AvgIpc) is 3.24. The predicted molar refractivity (Wildman–Crippen MR) is 94.1 cm³/mol. The maximum absolute atomic E-state index is 12.0. The van der Waals surface area contributed by atoms with E-state index in [9.17, 15) is 4.79 Å². The summed E-state index contributed by atoms with van der Waals surface area (Å²) in [6.45, 7) is 0. The van der Waals surface area contributed by atoms with Gasteiger partial charge in [0, 0.05) is 12.8 Å². The zero-order chi connectivity index (χ0) is 16.6.